The maximum Gasteiger partial charge on any atom is 0.234 e. The molecule has 1 N–H and O–H groups in total. The van der Waals surface area contributed by atoms with Crippen LogP contribution < -0.4 is 0 Å². The third-order valence-corrected chi connectivity index (χ3v) is 4.68. The summed E-state index contributed by atoms with van der Waals surface area (Å²) < 4.78 is 16.4. The Morgan fingerprint density at radius 3 is 2.76 bits per heavy atom. The van der Waals surface area contributed by atoms with E-state index in [-0.39, 0.29) is 12.0 Å². The van der Waals surface area contributed by atoms with Crippen LogP contribution in [0.2, 0.25) is 0 Å². The van der Waals surface area contributed by atoms with E-state index < -0.39 is 6.10 Å². The minimum absolute atomic E-state index is 0.107. The minimum Gasteiger partial charge on any atom is -0.392 e. The van der Waals surface area contributed by atoms with Gasteiger partial charge in [0.15, 0.2) is 0 Å². The molecule has 6 heteroatoms. The van der Waals surface area contributed by atoms with Crippen LogP contribution in [0.5, 0.6) is 0 Å². The second-order valence-electron chi connectivity index (χ2n) is 6.08. The van der Waals surface area contributed by atoms with Crippen molar-refractivity contribution in [3.8, 4) is 0 Å². The van der Waals surface area contributed by atoms with Crippen LogP contribution in [0.4, 0.5) is 0 Å². The third-order valence-electron chi connectivity index (χ3n) is 4.68. The smallest absolute Gasteiger partial charge is 0.234 e. The van der Waals surface area contributed by atoms with E-state index in [1.54, 1.807) is 7.11 Å². The molecule has 1 aromatic heterocycles. The van der Waals surface area contributed by atoms with Crippen molar-refractivity contribution < 1.29 is 19.1 Å². The van der Waals surface area contributed by atoms with Crippen LogP contribution in [-0.4, -0.2) is 41.7 Å². The van der Waals surface area contributed by atoms with Crippen LogP contribution in [0.25, 0.3) is 0 Å². The van der Waals surface area contributed by atoms with Crippen LogP contribution in [0, 0.1) is 5.92 Å². The zero-order valence-electron chi connectivity index (χ0n) is 12.5. The molecule has 0 aromatic carbocycles. The third kappa shape index (κ3) is 3.27. The number of aromatic nitrogens is 2. The number of methoxy groups -OCH3 is 1. The van der Waals surface area contributed by atoms with E-state index in [4.69, 9.17) is 14.0 Å². The molecule has 1 aliphatic carbocycles. The van der Waals surface area contributed by atoms with Gasteiger partial charge in [0.25, 0.3) is 0 Å². The predicted octanol–water partition coefficient (Wildman–Crippen LogP) is 2.20. The fourth-order valence-electron chi connectivity index (χ4n) is 3.42. The summed E-state index contributed by atoms with van der Waals surface area (Å²) in [7, 11) is 1.70. The molecule has 2 fully saturated rings. The number of hydrogen-bond donors (Lipinski definition) is 1. The molecule has 21 heavy (non-hydrogen) atoms. The van der Waals surface area contributed by atoms with E-state index in [9.17, 15) is 5.11 Å². The highest BCUT2D eigenvalue weighted by atomic mass is 16.5. The van der Waals surface area contributed by atoms with Crippen molar-refractivity contribution in [2.75, 3.05) is 20.3 Å². The summed E-state index contributed by atoms with van der Waals surface area (Å²) in [4.78, 5) is 4.49. The van der Waals surface area contributed by atoms with Crippen molar-refractivity contribution >= 4 is 0 Å². The molecule has 3 atom stereocenters. The van der Waals surface area contributed by atoms with Crippen molar-refractivity contribution in [2.24, 2.45) is 5.92 Å². The molecule has 1 aliphatic heterocycles. The number of nitrogens with zero attached hydrogens (tertiary/aromatic N) is 2. The van der Waals surface area contributed by atoms with Gasteiger partial charge in [-0.25, -0.2) is 0 Å². The molecule has 0 bridgehead atoms. The van der Waals surface area contributed by atoms with E-state index >= 15 is 0 Å². The first-order chi connectivity index (χ1) is 10.3. The summed E-state index contributed by atoms with van der Waals surface area (Å²) in [6.45, 7) is 1.02. The lowest BCUT2D eigenvalue weighted by atomic mass is 9.85. The standard InChI is InChI=1S/C15H24N2O4/c1-19-13(10-5-3-2-4-6-10)14-16-15(21-17-14)11-9-20-8-7-12(11)18/h10-13,18H,2-9H2,1H3. The molecule has 2 heterocycles. The van der Waals surface area contributed by atoms with Gasteiger partial charge in [0.2, 0.25) is 11.7 Å². The summed E-state index contributed by atoms with van der Waals surface area (Å²) >= 11 is 0. The highest BCUT2D eigenvalue weighted by Crippen LogP contribution is 2.36. The van der Waals surface area contributed by atoms with Crippen molar-refractivity contribution in [1.29, 1.82) is 0 Å². The Morgan fingerprint density at radius 1 is 1.24 bits per heavy atom. The molecule has 3 rings (SSSR count). The molecule has 1 saturated heterocycles. The zero-order valence-corrected chi connectivity index (χ0v) is 12.5. The molecule has 3 unspecified atom stereocenters. The monoisotopic (exact) mass is 296 g/mol. The van der Waals surface area contributed by atoms with Crippen LogP contribution in [0.1, 0.15) is 62.3 Å². The molecule has 6 nitrogen and oxygen atoms in total. The summed E-state index contributed by atoms with van der Waals surface area (Å²) in [5.41, 5.74) is 0. The van der Waals surface area contributed by atoms with Gasteiger partial charge in [0.05, 0.1) is 18.6 Å². The molecule has 1 aromatic rings. The zero-order chi connectivity index (χ0) is 14.7. The van der Waals surface area contributed by atoms with Gasteiger partial charge in [-0.1, -0.05) is 24.4 Å². The highest BCUT2D eigenvalue weighted by molar-refractivity contribution is 5.02. The maximum absolute atomic E-state index is 10.0. The van der Waals surface area contributed by atoms with Crippen molar-refractivity contribution in [2.45, 2.75) is 56.7 Å². The van der Waals surface area contributed by atoms with Gasteiger partial charge in [-0.3, -0.25) is 0 Å². The topological polar surface area (TPSA) is 77.6 Å². The van der Waals surface area contributed by atoms with E-state index in [1.165, 1.54) is 19.3 Å². The summed E-state index contributed by atoms with van der Waals surface area (Å²) in [5, 5.41) is 14.1. The fourth-order valence-corrected chi connectivity index (χ4v) is 3.42. The van der Waals surface area contributed by atoms with E-state index in [2.05, 4.69) is 10.1 Å². The number of aliphatic hydroxyl groups is 1. The van der Waals surface area contributed by atoms with Gasteiger partial charge in [0, 0.05) is 13.7 Å². The average Bonchev–Trinajstić information content (AvgIpc) is 2.99. The van der Waals surface area contributed by atoms with Gasteiger partial charge in [-0.2, -0.15) is 4.98 Å². The second-order valence-corrected chi connectivity index (χ2v) is 6.08. The first-order valence-electron chi connectivity index (χ1n) is 7.91. The van der Waals surface area contributed by atoms with Gasteiger partial charge in [-0.05, 0) is 25.2 Å². The molecule has 2 aliphatic rings. The number of rotatable bonds is 4. The summed E-state index contributed by atoms with van der Waals surface area (Å²) in [6.07, 6.45) is 6.12. The van der Waals surface area contributed by atoms with Crippen molar-refractivity contribution in [1.82, 2.24) is 10.1 Å². The van der Waals surface area contributed by atoms with E-state index in [0.29, 0.717) is 37.3 Å². The molecule has 118 valence electrons. The van der Waals surface area contributed by atoms with E-state index in [1.807, 2.05) is 0 Å². The average molecular weight is 296 g/mol. The van der Waals surface area contributed by atoms with E-state index in [0.717, 1.165) is 12.8 Å². The van der Waals surface area contributed by atoms with Gasteiger partial charge < -0.3 is 19.1 Å². The SMILES string of the molecule is COC(c1noc(C2COCCC2O)n1)C1CCCCC1. The lowest BCUT2D eigenvalue weighted by Gasteiger charge is -2.27. The van der Waals surface area contributed by atoms with Gasteiger partial charge >= 0.3 is 0 Å². The molecule has 1 saturated carbocycles. The Bertz CT molecular complexity index is 445. The molecule has 0 spiro atoms. The largest absolute Gasteiger partial charge is 0.392 e. The van der Waals surface area contributed by atoms with Crippen LogP contribution in [-0.2, 0) is 9.47 Å². The summed E-state index contributed by atoms with van der Waals surface area (Å²) in [5.74, 6) is 1.32. The van der Waals surface area contributed by atoms with Crippen LogP contribution in [0.15, 0.2) is 4.52 Å². The van der Waals surface area contributed by atoms with Crippen molar-refractivity contribution in [3.05, 3.63) is 11.7 Å². The lowest BCUT2D eigenvalue weighted by Crippen LogP contribution is -2.30. The minimum atomic E-state index is -0.470. The Balaban J connectivity index is 1.73. The normalized spacial score (nSPS) is 29.4. The Hall–Kier alpha value is -0.980. The molecular weight excluding hydrogens is 272 g/mol. The maximum atomic E-state index is 10.0. The highest BCUT2D eigenvalue weighted by Gasteiger charge is 2.33. The first-order valence-corrected chi connectivity index (χ1v) is 7.91. The van der Waals surface area contributed by atoms with Gasteiger partial charge in [-0.15, -0.1) is 0 Å². The summed E-state index contributed by atoms with van der Waals surface area (Å²) in [6, 6.07) is 0. The van der Waals surface area contributed by atoms with Gasteiger partial charge in [0.1, 0.15) is 6.10 Å². The fraction of sp³-hybridized carbons (Fsp3) is 0.867. The lowest BCUT2D eigenvalue weighted by molar-refractivity contribution is -0.0149. The molecule has 0 amide bonds. The number of hydrogen-bond acceptors (Lipinski definition) is 6. The predicted molar refractivity (Wildman–Crippen MR) is 74.8 cm³/mol. The second kappa shape index (κ2) is 6.85. The first kappa shape index (κ1) is 14.9. The molecular formula is C15H24N2O4. The van der Waals surface area contributed by atoms with Crippen LogP contribution >= 0.6 is 0 Å². The Morgan fingerprint density at radius 2 is 2.05 bits per heavy atom. The molecule has 0 radical (unpaired) electrons. The number of ether oxygens (including phenoxy) is 2. The number of aliphatic hydroxyl groups excluding tert-OH is 1. The van der Waals surface area contributed by atoms with Crippen molar-refractivity contribution in [3.63, 3.8) is 0 Å². The quantitative estimate of drug-likeness (QED) is 0.917. The van der Waals surface area contributed by atoms with Crippen LogP contribution in [0.3, 0.4) is 0 Å². The Kier molecular flexibility index (Phi) is 4.87. The Labute approximate surface area is 124 Å².